The molecule has 29 heavy (non-hydrogen) atoms. The Labute approximate surface area is 166 Å². The van der Waals surface area contributed by atoms with Gasteiger partial charge in [0, 0.05) is 46.0 Å². The maximum atomic E-state index is 12.1. The number of non-ortho nitro benzene ring substituents is 1. The van der Waals surface area contributed by atoms with Crippen molar-refractivity contribution in [2.24, 2.45) is 5.10 Å². The summed E-state index contributed by atoms with van der Waals surface area (Å²) in [4.78, 5) is 22.3. The monoisotopic (exact) mass is 386 g/mol. The van der Waals surface area contributed by atoms with Crippen LogP contribution in [0.15, 0.2) is 71.8 Å². The van der Waals surface area contributed by atoms with Crippen LogP contribution >= 0.6 is 0 Å². The van der Waals surface area contributed by atoms with Crippen molar-refractivity contribution < 1.29 is 9.72 Å². The van der Waals surface area contributed by atoms with Crippen LogP contribution in [0.1, 0.15) is 22.8 Å². The molecule has 0 radical (unpaired) electrons. The first-order valence-corrected chi connectivity index (χ1v) is 9.17. The summed E-state index contributed by atoms with van der Waals surface area (Å²) in [7, 11) is 0. The maximum absolute atomic E-state index is 12.1. The van der Waals surface area contributed by atoms with E-state index in [1.807, 2.05) is 24.3 Å². The highest BCUT2D eigenvalue weighted by molar-refractivity contribution is 6.09. The first-order valence-electron chi connectivity index (χ1n) is 9.17. The van der Waals surface area contributed by atoms with Crippen molar-refractivity contribution in [3.05, 3.63) is 88.0 Å². The molecule has 0 unspecified atom stereocenters. The van der Waals surface area contributed by atoms with Crippen molar-refractivity contribution in [2.75, 3.05) is 0 Å². The molecule has 0 spiro atoms. The number of nitrogens with one attached hydrogen (secondary N) is 1. The van der Waals surface area contributed by atoms with Crippen LogP contribution in [0.2, 0.25) is 0 Å². The van der Waals surface area contributed by atoms with E-state index in [9.17, 15) is 14.9 Å². The molecular weight excluding hydrogens is 368 g/mol. The number of para-hydroxylation sites is 1. The molecule has 0 aliphatic carbocycles. The van der Waals surface area contributed by atoms with Gasteiger partial charge in [0.1, 0.15) is 0 Å². The number of aryl methyl sites for hydroxylation is 1. The molecule has 144 valence electrons. The van der Waals surface area contributed by atoms with Gasteiger partial charge in [0.15, 0.2) is 0 Å². The summed E-state index contributed by atoms with van der Waals surface area (Å²) in [5.41, 5.74) is 5.84. The summed E-state index contributed by atoms with van der Waals surface area (Å²) in [6, 6.07) is 19.7. The van der Waals surface area contributed by atoms with Gasteiger partial charge in [-0.15, -0.1) is 0 Å². The molecule has 0 bridgehead atoms. The minimum Gasteiger partial charge on any atom is -0.341 e. The summed E-state index contributed by atoms with van der Waals surface area (Å²) < 4.78 is 2.25. The molecule has 1 heterocycles. The Balaban J connectivity index is 1.56. The van der Waals surface area contributed by atoms with Crippen LogP contribution in [-0.2, 0) is 6.54 Å². The minimum absolute atomic E-state index is 0.0651. The van der Waals surface area contributed by atoms with E-state index in [1.54, 1.807) is 6.21 Å². The van der Waals surface area contributed by atoms with E-state index < -0.39 is 10.8 Å². The molecule has 0 aliphatic rings. The molecule has 0 saturated heterocycles. The summed E-state index contributed by atoms with van der Waals surface area (Å²) in [5, 5.41) is 17.1. The minimum atomic E-state index is -0.508. The SMILES string of the molecule is CCn1c2ccccc2c2ccc(C=NNC(=O)c3ccc([N+](=O)[O-])cc3)cc21. The Kier molecular flexibility index (Phi) is 4.78. The molecule has 1 N–H and O–H groups in total. The number of hydrazone groups is 1. The van der Waals surface area contributed by atoms with E-state index in [2.05, 4.69) is 40.2 Å². The van der Waals surface area contributed by atoms with Gasteiger partial charge in [0.25, 0.3) is 11.6 Å². The lowest BCUT2D eigenvalue weighted by Gasteiger charge is -2.03. The zero-order valence-electron chi connectivity index (χ0n) is 15.7. The van der Waals surface area contributed by atoms with E-state index in [0.29, 0.717) is 5.56 Å². The maximum Gasteiger partial charge on any atom is 0.271 e. The second-order valence-corrected chi connectivity index (χ2v) is 6.54. The molecule has 0 aliphatic heterocycles. The predicted octanol–water partition coefficient (Wildman–Crippen LogP) is 4.49. The lowest BCUT2D eigenvalue weighted by molar-refractivity contribution is -0.384. The first-order chi connectivity index (χ1) is 14.1. The van der Waals surface area contributed by atoms with Crippen LogP contribution in [0.25, 0.3) is 21.8 Å². The Morgan fingerprint density at radius 1 is 1.07 bits per heavy atom. The number of nitrogens with zero attached hydrogens (tertiary/aromatic N) is 3. The zero-order chi connectivity index (χ0) is 20.4. The molecule has 4 rings (SSSR count). The van der Waals surface area contributed by atoms with Crippen LogP contribution in [0.5, 0.6) is 0 Å². The topological polar surface area (TPSA) is 89.5 Å². The number of rotatable bonds is 5. The fourth-order valence-corrected chi connectivity index (χ4v) is 3.45. The number of carbonyl (C=O) groups is 1. The fourth-order valence-electron chi connectivity index (χ4n) is 3.45. The van der Waals surface area contributed by atoms with Crippen molar-refractivity contribution in [2.45, 2.75) is 13.5 Å². The van der Waals surface area contributed by atoms with Crippen LogP contribution < -0.4 is 5.43 Å². The van der Waals surface area contributed by atoms with E-state index in [4.69, 9.17) is 0 Å². The Hall–Kier alpha value is -4.00. The van der Waals surface area contributed by atoms with Gasteiger partial charge < -0.3 is 4.57 Å². The smallest absolute Gasteiger partial charge is 0.271 e. The highest BCUT2D eigenvalue weighted by Crippen LogP contribution is 2.29. The second-order valence-electron chi connectivity index (χ2n) is 6.54. The van der Waals surface area contributed by atoms with Gasteiger partial charge in [-0.3, -0.25) is 14.9 Å². The van der Waals surface area contributed by atoms with Crippen LogP contribution in [0, 0.1) is 10.1 Å². The molecule has 1 aromatic heterocycles. The van der Waals surface area contributed by atoms with Crippen molar-refractivity contribution >= 4 is 39.6 Å². The van der Waals surface area contributed by atoms with Gasteiger partial charge in [-0.2, -0.15) is 5.10 Å². The number of hydrogen-bond acceptors (Lipinski definition) is 4. The number of aromatic nitrogens is 1. The quantitative estimate of drug-likeness (QED) is 0.311. The molecule has 7 nitrogen and oxygen atoms in total. The van der Waals surface area contributed by atoms with Gasteiger partial charge in [-0.1, -0.05) is 30.3 Å². The molecule has 7 heteroatoms. The lowest BCUT2D eigenvalue weighted by Crippen LogP contribution is -2.17. The second kappa shape index (κ2) is 7.55. The van der Waals surface area contributed by atoms with Crippen LogP contribution in [-0.4, -0.2) is 21.6 Å². The van der Waals surface area contributed by atoms with E-state index in [-0.39, 0.29) is 5.69 Å². The Morgan fingerprint density at radius 3 is 2.52 bits per heavy atom. The van der Waals surface area contributed by atoms with E-state index in [0.717, 1.165) is 17.6 Å². The lowest BCUT2D eigenvalue weighted by atomic mass is 10.1. The largest absolute Gasteiger partial charge is 0.341 e. The average molecular weight is 386 g/mol. The summed E-state index contributed by atoms with van der Waals surface area (Å²) >= 11 is 0. The number of fused-ring (bicyclic) bond motifs is 3. The molecule has 1 amide bonds. The summed E-state index contributed by atoms with van der Waals surface area (Å²) in [5.74, 6) is -0.431. The third kappa shape index (κ3) is 3.45. The Bertz CT molecular complexity index is 1260. The van der Waals surface area contributed by atoms with Crippen molar-refractivity contribution in [1.82, 2.24) is 9.99 Å². The van der Waals surface area contributed by atoms with Crippen molar-refractivity contribution in [3.8, 4) is 0 Å². The number of hydrogen-bond donors (Lipinski definition) is 1. The van der Waals surface area contributed by atoms with E-state index in [1.165, 1.54) is 40.6 Å². The van der Waals surface area contributed by atoms with Gasteiger partial charge in [0.2, 0.25) is 0 Å². The number of benzene rings is 3. The predicted molar refractivity (Wildman–Crippen MR) is 113 cm³/mol. The standard InChI is InChI=1S/C22H18N4O3/c1-2-25-20-6-4-3-5-18(20)19-12-7-15(13-21(19)25)14-23-24-22(27)16-8-10-17(11-9-16)26(28)29/h3-14H,2H2,1H3,(H,24,27). The van der Waals surface area contributed by atoms with Gasteiger partial charge in [-0.25, -0.2) is 5.43 Å². The molecule has 4 aromatic rings. The fraction of sp³-hybridized carbons (Fsp3) is 0.0909. The highest BCUT2D eigenvalue weighted by atomic mass is 16.6. The molecule has 0 fully saturated rings. The average Bonchev–Trinajstić information content (AvgIpc) is 3.06. The number of amides is 1. The van der Waals surface area contributed by atoms with Crippen LogP contribution in [0.4, 0.5) is 5.69 Å². The van der Waals surface area contributed by atoms with Gasteiger partial charge >= 0.3 is 0 Å². The highest BCUT2D eigenvalue weighted by Gasteiger charge is 2.10. The molecule has 3 aromatic carbocycles. The molecular formula is C22H18N4O3. The number of nitro benzene ring substituents is 1. The van der Waals surface area contributed by atoms with Crippen LogP contribution in [0.3, 0.4) is 0 Å². The first kappa shape index (κ1) is 18.4. The van der Waals surface area contributed by atoms with Gasteiger partial charge in [-0.05, 0) is 36.8 Å². The zero-order valence-corrected chi connectivity index (χ0v) is 15.7. The Morgan fingerprint density at radius 2 is 1.79 bits per heavy atom. The number of nitro groups is 1. The summed E-state index contributed by atoms with van der Waals surface area (Å²) in [6.07, 6.45) is 1.58. The van der Waals surface area contributed by atoms with Crippen molar-refractivity contribution in [1.29, 1.82) is 0 Å². The van der Waals surface area contributed by atoms with Crippen molar-refractivity contribution in [3.63, 3.8) is 0 Å². The van der Waals surface area contributed by atoms with Gasteiger partial charge in [0.05, 0.1) is 11.1 Å². The number of carbonyl (C=O) groups excluding carboxylic acids is 1. The molecule has 0 atom stereocenters. The normalized spacial score (nSPS) is 11.3. The third-order valence-corrected chi connectivity index (χ3v) is 4.83. The third-order valence-electron chi connectivity index (χ3n) is 4.83. The van der Waals surface area contributed by atoms with E-state index >= 15 is 0 Å². The molecule has 0 saturated carbocycles. The summed E-state index contributed by atoms with van der Waals surface area (Å²) in [6.45, 7) is 2.96.